The Morgan fingerprint density at radius 3 is 2.75 bits per heavy atom. The number of fused-ring (bicyclic) bond motifs is 1. The fourth-order valence-corrected chi connectivity index (χ4v) is 2.10. The van der Waals surface area contributed by atoms with E-state index in [1.165, 1.54) is 5.56 Å². The highest BCUT2D eigenvalue weighted by Crippen LogP contribution is 2.26. The lowest BCUT2D eigenvalue weighted by Gasteiger charge is -2.04. The van der Waals surface area contributed by atoms with E-state index in [0.29, 0.717) is 0 Å². The van der Waals surface area contributed by atoms with Gasteiger partial charge in [-0.25, -0.2) is 4.98 Å². The minimum absolute atomic E-state index is 0.763. The highest BCUT2D eigenvalue weighted by Gasteiger charge is 2.11. The van der Waals surface area contributed by atoms with Crippen molar-refractivity contribution >= 4 is 17.4 Å². The number of hydrogen-bond acceptors (Lipinski definition) is 2. The zero-order chi connectivity index (χ0) is 11.0. The van der Waals surface area contributed by atoms with Crippen LogP contribution in [0.2, 0.25) is 5.02 Å². The van der Waals surface area contributed by atoms with Gasteiger partial charge in [-0.3, -0.25) is 0 Å². The molecule has 0 bridgehead atoms. The summed E-state index contributed by atoms with van der Waals surface area (Å²) in [4.78, 5) is 4.41. The monoisotopic (exact) mass is 230 g/mol. The molecule has 2 heterocycles. The molecule has 3 rings (SSSR count). The van der Waals surface area contributed by atoms with Crippen LogP contribution in [-0.2, 0) is 6.42 Å². The van der Waals surface area contributed by atoms with E-state index < -0.39 is 0 Å². The summed E-state index contributed by atoms with van der Waals surface area (Å²) in [5.74, 6) is 1.03. The standard InChI is InChI=1S/C13H11ClN2/c14-12-3-1-9(2-4-12)11-7-10-5-6-15-13(10)16-8-11/h1-4,7-8H,5-6H2,(H,15,16). The van der Waals surface area contributed by atoms with Crippen molar-refractivity contribution in [3.8, 4) is 11.1 Å². The first-order chi connectivity index (χ1) is 7.83. The Bertz CT molecular complexity index is 520. The normalized spacial score (nSPS) is 13.3. The number of nitrogens with one attached hydrogen (secondary N) is 1. The molecule has 80 valence electrons. The number of halogens is 1. The molecule has 2 nitrogen and oxygen atoms in total. The first kappa shape index (κ1) is 9.67. The molecule has 1 aliphatic rings. The van der Waals surface area contributed by atoms with Crippen LogP contribution in [-0.4, -0.2) is 11.5 Å². The van der Waals surface area contributed by atoms with Crippen molar-refractivity contribution in [2.75, 3.05) is 11.9 Å². The number of rotatable bonds is 1. The van der Waals surface area contributed by atoms with E-state index in [0.717, 1.165) is 34.9 Å². The Balaban J connectivity index is 2.03. The molecule has 2 aromatic rings. The quantitative estimate of drug-likeness (QED) is 0.813. The minimum Gasteiger partial charge on any atom is -0.370 e. The Hall–Kier alpha value is -1.54. The summed E-state index contributed by atoms with van der Waals surface area (Å²) in [6.07, 6.45) is 2.96. The Kier molecular flexibility index (Phi) is 2.29. The molecule has 0 aliphatic carbocycles. The third-order valence-corrected chi connectivity index (χ3v) is 3.08. The second-order valence-corrected chi connectivity index (χ2v) is 4.35. The van der Waals surface area contributed by atoms with Crippen molar-refractivity contribution in [2.45, 2.75) is 6.42 Å². The lowest BCUT2D eigenvalue weighted by atomic mass is 10.1. The summed E-state index contributed by atoms with van der Waals surface area (Å²) in [5.41, 5.74) is 3.61. The van der Waals surface area contributed by atoms with Gasteiger partial charge in [-0.15, -0.1) is 0 Å². The van der Waals surface area contributed by atoms with Gasteiger partial charge in [0, 0.05) is 23.3 Å². The fraction of sp³-hybridized carbons (Fsp3) is 0.154. The molecular weight excluding hydrogens is 220 g/mol. The molecule has 1 aliphatic heterocycles. The molecule has 0 unspecified atom stereocenters. The number of nitrogens with zero attached hydrogens (tertiary/aromatic N) is 1. The van der Waals surface area contributed by atoms with Crippen LogP contribution in [0.3, 0.4) is 0 Å². The summed E-state index contributed by atoms with van der Waals surface area (Å²) in [6.45, 7) is 0.992. The van der Waals surface area contributed by atoms with Gasteiger partial charge in [0.05, 0.1) is 0 Å². The molecule has 1 aromatic carbocycles. The van der Waals surface area contributed by atoms with Gasteiger partial charge < -0.3 is 5.32 Å². The molecule has 0 fully saturated rings. The fourth-order valence-electron chi connectivity index (χ4n) is 1.98. The maximum atomic E-state index is 5.87. The van der Waals surface area contributed by atoms with E-state index in [2.05, 4.69) is 16.4 Å². The first-order valence-electron chi connectivity index (χ1n) is 5.32. The average molecular weight is 231 g/mol. The van der Waals surface area contributed by atoms with Crippen LogP contribution < -0.4 is 5.32 Å². The largest absolute Gasteiger partial charge is 0.370 e. The van der Waals surface area contributed by atoms with Gasteiger partial charge in [-0.05, 0) is 35.7 Å². The maximum absolute atomic E-state index is 5.87. The number of pyridine rings is 1. The second kappa shape index (κ2) is 3.80. The Labute approximate surface area is 99.3 Å². The van der Waals surface area contributed by atoms with Crippen molar-refractivity contribution in [3.63, 3.8) is 0 Å². The lowest BCUT2D eigenvalue weighted by molar-refractivity contribution is 1.11. The van der Waals surface area contributed by atoms with E-state index in [-0.39, 0.29) is 0 Å². The molecule has 0 spiro atoms. The number of aromatic nitrogens is 1. The molecular formula is C13H11ClN2. The summed E-state index contributed by atoms with van der Waals surface area (Å²) in [6, 6.07) is 10.1. The SMILES string of the molecule is Clc1ccc(-c2cnc3c(c2)CCN3)cc1. The summed E-state index contributed by atoms with van der Waals surface area (Å²) < 4.78 is 0. The van der Waals surface area contributed by atoms with Crippen LogP contribution in [0.15, 0.2) is 36.5 Å². The van der Waals surface area contributed by atoms with Gasteiger partial charge in [0.2, 0.25) is 0 Å². The zero-order valence-electron chi connectivity index (χ0n) is 8.70. The highest BCUT2D eigenvalue weighted by molar-refractivity contribution is 6.30. The molecule has 0 amide bonds. The Morgan fingerprint density at radius 1 is 1.12 bits per heavy atom. The lowest BCUT2D eigenvalue weighted by Crippen LogP contribution is -1.92. The molecule has 0 atom stereocenters. The zero-order valence-corrected chi connectivity index (χ0v) is 9.46. The van der Waals surface area contributed by atoms with Crippen molar-refractivity contribution in [1.29, 1.82) is 0 Å². The molecule has 1 aromatic heterocycles. The van der Waals surface area contributed by atoms with E-state index in [1.807, 2.05) is 30.5 Å². The van der Waals surface area contributed by atoms with Crippen LogP contribution >= 0.6 is 11.6 Å². The van der Waals surface area contributed by atoms with Crippen molar-refractivity contribution in [3.05, 3.63) is 47.1 Å². The predicted octanol–water partition coefficient (Wildman–Crippen LogP) is 3.37. The number of hydrogen-bond donors (Lipinski definition) is 1. The van der Waals surface area contributed by atoms with Crippen LogP contribution in [0.5, 0.6) is 0 Å². The van der Waals surface area contributed by atoms with Crippen molar-refractivity contribution < 1.29 is 0 Å². The third-order valence-electron chi connectivity index (χ3n) is 2.83. The van der Waals surface area contributed by atoms with Gasteiger partial charge in [-0.2, -0.15) is 0 Å². The summed E-state index contributed by atoms with van der Waals surface area (Å²) in [5, 5.41) is 4.02. The molecule has 16 heavy (non-hydrogen) atoms. The molecule has 1 N–H and O–H groups in total. The molecule has 0 saturated heterocycles. The summed E-state index contributed by atoms with van der Waals surface area (Å²) >= 11 is 5.87. The first-order valence-corrected chi connectivity index (χ1v) is 5.69. The molecule has 3 heteroatoms. The van der Waals surface area contributed by atoms with Gasteiger partial charge in [0.1, 0.15) is 5.82 Å². The molecule has 0 radical (unpaired) electrons. The summed E-state index contributed by atoms with van der Waals surface area (Å²) in [7, 11) is 0. The van der Waals surface area contributed by atoms with E-state index in [1.54, 1.807) is 0 Å². The van der Waals surface area contributed by atoms with Crippen molar-refractivity contribution in [1.82, 2.24) is 4.98 Å². The van der Waals surface area contributed by atoms with Crippen molar-refractivity contribution in [2.24, 2.45) is 0 Å². The van der Waals surface area contributed by atoms with Crippen LogP contribution in [0.4, 0.5) is 5.82 Å². The number of benzene rings is 1. The number of anilines is 1. The topological polar surface area (TPSA) is 24.9 Å². The van der Waals surface area contributed by atoms with Gasteiger partial charge in [-0.1, -0.05) is 23.7 Å². The van der Waals surface area contributed by atoms with Gasteiger partial charge in [0.25, 0.3) is 0 Å². The maximum Gasteiger partial charge on any atom is 0.129 e. The highest BCUT2D eigenvalue weighted by atomic mass is 35.5. The third kappa shape index (κ3) is 1.65. The van der Waals surface area contributed by atoms with Crippen LogP contribution in [0, 0.1) is 0 Å². The van der Waals surface area contributed by atoms with Crippen LogP contribution in [0.1, 0.15) is 5.56 Å². The predicted molar refractivity (Wildman–Crippen MR) is 66.9 cm³/mol. The molecule has 0 saturated carbocycles. The Morgan fingerprint density at radius 2 is 1.94 bits per heavy atom. The average Bonchev–Trinajstić information content (AvgIpc) is 2.77. The van der Waals surface area contributed by atoms with E-state index in [4.69, 9.17) is 11.6 Å². The van der Waals surface area contributed by atoms with Gasteiger partial charge >= 0.3 is 0 Å². The second-order valence-electron chi connectivity index (χ2n) is 3.92. The van der Waals surface area contributed by atoms with Crippen LogP contribution in [0.25, 0.3) is 11.1 Å². The van der Waals surface area contributed by atoms with E-state index >= 15 is 0 Å². The van der Waals surface area contributed by atoms with E-state index in [9.17, 15) is 0 Å². The minimum atomic E-state index is 0.763. The van der Waals surface area contributed by atoms with Gasteiger partial charge in [0.15, 0.2) is 0 Å². The smallest absolute Gasteiger partial charge is 0.129 e.